The maximum Gasteiger partial charge on any atom is 0.222 e. The SMILES string of the molecule is CC(C)CC(=O)N1CCC2(C1)c1nc[nH]c1CCN2CC1CC1. The summed E-state index contributed by atoms with van der Waals surface area (Å²) < 4.78 is 0. The highest BCUT2D eigenvalue weighted by atomic mass is 16.2. The summed E-state index contributed by atoms with van der Waals surface area (Å²) >= 11 is 0. The van der Waals surface area contributed by atoms with Crippen LogP contribution in [0.4, 0.5) is 0 Å². The summed E-state index contributed by atoms with van der Waals surface area (Å²) in [6.07, 6.45) is 7.33. The number of hydrogen-bond acceptors (Lipinski definition) is 3. The molecule has 1 aliphatic carbocycles. The fourth-order valence-corrected chi connectivity index (χ4v) is 4.34. The first kappa shape index (κ1) is 15.2. The van der Waals surface area contributed by atoms with E-state index in [0.29, 0.717) is 18.2 Å². The summed E-state index contributed by atoms with van der Waals surface area (Å²) in [5, 5.41) is 0. The van der Waals surface area contributed by atoms with Crippen molar-refractivity contribution >= 4 is 5.91 Å². The lowest BCUT2D eigenvalue weighted by Crippen LogP contribution is -2.53. The summed E-state index contributed by atoms with van der Waals surface area (Å²) in [4.78, 5) is 25.3. The number of hydrogen-bond donors (Lipinski definition) is 1. The van der Waals surface area contributed by atoms with Crippen LogP contribution in [0.1, 0.15) is 50.9 Å². The largest absolute Gasteiger partial charge is 0.348 e. The van der Waals surface area contributed by atoms with Crippen LogP contribution in [-0.4, -0.2) is 51.9 Å². The van der Waals surface area contributed by atoms with Gasteiger partial charge in [0.15, 0.2) is 0 Å². The second-order valence-corrected chi connectivity index (χ2v) is 8.06. The number of likely N-dealkylation sites (tertiary alicyclic amines) is 1. The van der Waals surface area contributed by atoms with E-state index in [4.69, 9.17) is 0 Å². The van der Waals surface area contributed by atoms with Crippen LogP contribution in [0.25, 0.3) is 0 Å². The van der Waals surface area contributed by atoms with Crippen molar-refractivity contribution in [2.45, 2.75) is 51.5 Å². The fourth-order valence-electron chi connectivity index (χ4n) is 4.34. The highest BCUT2D eigenvalue weighted by Crippen LogP contribution is 2.44. The third-order valence-electron chi connectivity index (χ3n) is 5.75. The average molecular weight is 316 g/mol. The van der Waals surface area contributed by atoms with Gasteiger partial charge in [-0.25, -0.2) is 4.98 Å². The van der Waals surface area contributed by atoms with Crippen LogP contribution in [0.15, 0.2) is 6.33 Å². The molecule has 23 heavy (non-hydrogen) atoms. The zero-order valence-corrected chi connectivity index (χ0v) is 14.3. The third-order valence-corrected chi connectivity index (χ3v) is 5.75. The number of aromatic amines is 1. The number of nitrogens with one attached hydrogen (secondary N) is 1. The molecular formula is C18H28N4O. The third kappa shape index (κ3) is 2.69. The molecule has 0 aromatic carbocycles. The number of aromatic nitrogens is 2. The lowest BCUT2D eigenvalue weighted by molar-refractivity contribution is -0.131. The Kier molecular flexibility index (Phi) is 3.71. The van der Waals surface area contributed by atoms with Gasteiger partial charge in [-0.05, 0) is 31.1 Å². The predicted octanol–water partition coefficient (Wildman–Crippen LogP) is 2.15. The predicted molar refractivity (Wildman–Crippen MR) is 88.9 cm³/mol. The second-order valence-electron chi connectivity index (χ2n) is 8.06. The van der Waals surface area contributed by atoms with Crippen molar-refractivity contribution < 1.29 is 4.79 Å². The molecule has 5 nitrogen and oxygen atoms in total. The number of H-pyrrole nitrogens is 1. The topological polar surface area (TPSA) is 52.2 Å². The summed E-state index contributed by atoms with van der Waals surface area (Å²) in [6.45, 7) is 8.21. The maximum atomic E-state index is 12.6. The molecule has 1 N–H and O–H groups in total. The number of fused-ring (bicyclic) bond motifs is 2. The van der Waals surface area contributed by atoms with Gasteiger partial charge in [-0.1, -0.05) is 13.8 Å². The molecule has 1 unspecified atom stereocenters. The van der Waals surface area contributed by atoms with Crippen molar-refractivity contribution in [2.24, 2.45) is 11.8 Å². The first-order chi connectivity index (χ1) is 11.1. The molecule has 1 aromatic heterocycles. The van der Waals surface area contributed by atoms with Crippen LogP contribution in [0.2, 0.25) is 0 Å². The molecule has 1 saturated heterocycles. The van der Waals surface area contributed by atoms with Gasteiger partial charge in [-0.15, -0.1) is 0 Å². The quantitative estimate of drug-likeness (QED) is 0.926. The Bertz CT molecular complexity index is 592. The number of imidazole rings is 1. The first-order valence-electron chi connectivity index (χ1n) is 9.14. The molecule has 1 amide bonds. The van der Waals surface area contributed by atoms with E-state index in [2.05, 4.69) is 33.6 Å². The Morgan fingerprint density at radius 3 is 3.00 bits per heavy atom. The zero-order valence-electron chi connectivity index (χ0n) is 14.3. The van der Waals surface area contributed by atoms with Crippen molar-refractivity contribution in [1.29, 1.82) is 0 Å². The monoisotopic (exact) mass is 316 g/mol. The summed E-state index contributed by atoms with van der Waals surface area (Å²) in [5.41, 5.74) is 2.46. The fraction of sp³-hybridized carbons (Fsp3) is 0.778. The van der Waals surface area contributed by atoms with E-state index in [1.54, 1.807) is 0 Å². The van der Waals surface area contributed by atoms with Crippen LogP contribution >= 0.6 is 0 Å². The zero-order chi connectivity index (χ0) is 16.0. The molecule has 3 aliphatic rings. The Morgan fingerprint density at radius 1 is 1.43 bits per heavy atom. The average Bonchev–Trinajstić information content (AvgIpc) is 3.01. The minimum atomic E-state index is -0.0389. The summed E-state index contributed by atoms with van der Waals surface area (Å²) in [5.74, 6) is 1.60. The molecule has 1 saturated carbocycles. The van der Waals surface area contributed by atoms with Gasteiger partial charge in [0.2, 0.25) is 5.91 Å². The van der Waals surface area contributed by atoms with Gasteiger partial charge in [-0.3, -0.25) is 9.69 Å². The maximum absolute atomic E-state index is 12.6. The smallest absolute Gasteiger partial charge is 0.222 e. The molecule has 2 aliphatic heterocycles. The van der Waals surface area contributed by atoms with Gasteiger partial charge in [-0.2, -0.15) is 0 Å². The van der Waals surface area contributed by atoms with E-state index in [1.807, 2.05) is 6.33 Å². The molecule has 1 aromatic rings. The van der Waals surface area contributed by atoms with E-state index in [-0.39, 0.29) is 5.54 Å². The van der Waals surface area contributed by atoms with Crippen molar-refractivity contribution in [3.63, 3.8) is 0 Å². The number of carbonyl (C=O) groups excluding carboxylic acids is 1. The Labute approximate surface area is 138 Å². The minimum Gasteiger partial charge on any atom is -0.348 e. The molecular weight excluding hydrogens is 288 g/mol. The van der Waals surface area contributed by atoms with E-state index in [0.717, 1.165) is 38.4 Å². The summed E-state index contributed by atoms with van der Waals surface area (Å²) in [7, 11) is 0. The minimum absolute atomic E-state index is 0.0389. The Morgan fingerprint density at radius 2 is 2.26 bits per heavy atom. The number of carbonyl (C=O) groups is 1. The van der Waals surface area contributed by atoms with Crippen LogP contribution in [0.3, 0.4) is 0 Å². The van der Waals surface area contributed by atoms with Crippen molar-refractivity contribution in [3.05, 3.63) is 17.7 Å². The number of rotatable bonds is 4. The highest BCUT2D eigenvalue weighted by Gasteiger charge is 2.51. The molecule has 0 bridgehead atoms. The van der Waals surface area contributed by atoms with E-state index >= 15 is 0 Å². The van der Waals surface area contributed by atoms with Crippen molar-refractivity contribution in [3.8, 4) is 0 Å². The van der Waals surface area contributed by atoms with Gasteiger partial charge < -0.3 is 9.88 Å². The Hall–Kier alpha value is -1.36. The van der Waals surface area contributed by atoms with Gasteiger partial charge in [0.25, 0.3) is 0 Å². The van der Waals surface area contributed by atoms with E-state index < -0.39 is 0 Å². The summed E-state index contributed by atoms with van der Waals surface area (Å²) in [6, 6.07) is 0. The molecule has 1 atom stereocenters. The molecule has 126 valence electrons. The van der Waals surface area contributed by atoms with Crippen LogP contribution in [0.5, 0.6) is 0 Å². The normalized spacial score (nSPS) is 27.9. The molecule has 5 heteroatoms. The lowest BCUT2D eigenvalue weighted by atomic mass is 9.85. The van der Waals surface area contributed by atoms with Crippen molar-refractivity contribution in [2.75, 3.05) is 26.2 Å². The van der Waals surface area contributed by atoms with Crippen molar-refractivity contribution in [1.82, 2.24) is 19.8 Å². The van der Waals surface area contributed by atoms with Gasteiger partial charge in [0, 0.05) is 44.7 Å². The Balaban J connectivity index is 1.59. The molecule has 1 spiro atoms. The van der Waals surface area contributed by atoms with Gasteiger partial charge >= 0.3 is 0 Å². The number of nitrogens with zero attached hydrogens (tertiary/aromatic N) is 3. The first-order valence-corrected chi connectivity index (χ1v) is 9.14. The van der Waals surface area contributed by atoms with Gasteiger partial charge in [0.1, 0.15) is 0 Å². The van der Waals surface area contributed by atoms with E-state index in [9.17, 15) is 4.79 Å². The highest BCUT2D eigenvalue weighted by molar-refractivity contribution is 5.77. The molecule has 4 rings (SSSR count). The molecule has 2 fully saturated rings. The van der Waals surface area contributed by atoms with Crippen LogP contribution in [0, 0.1) is 11.8 Å². The standard InChI is InChI=1S/C18H28N4O/c1-13(2)9-16(23)21-8-6-18(11-21)17-15(19-12-20-17)5-7-22(18)10-14-3-4-14/h12-14H,3-11H2,1-2H3,(H,19,20). The molecule has 0 radical (unpaired) electrons. The molecule has 3 heterocycles. The van der Waals surface area contributed by atoms with Crippen LogP contribution in [-0.2, 0) is 16.8 Å². The van der Waals surface area contributed by atoms with Gasteiger partial charge in [0.05, 0.1) is 17.6 Å². The lowest BCUT2D eigenvalue weighted by Gasteiger charge is -2.44. The van der Waals surface area contributed by atoms with Crippen LogP contribution < -0.4 is 0 Å². The number of amides is 1. The second kappa shape index (κ2) is 5.62. The van der Waals surface area contributed by atoms with E-state index in [1.165, 1.54) is 30.8 Å².